The second-order valence-electron chi connectivity index (χ2n) is 6.77. The maximum Gasteiger partial charge on any atom is 0.317 e. The molecule has 1 saturated carbocycles. The number of amides is 2. The minimum atomic E-state index is -0.356. The van der Waals surface area contributed by atoms with E-state index in [-0.39, 0.29) is 29.3 Å². The van der Waals surface area contributed by atoms with Gasteiger partial charge in [0.05, 0.1) is 24.8 Å². The summed E-state index contributed by atoms with van der Waals surface area (Å²) in [5.74, 6) is -0.0928. The standard InChI is InChI=1S/C16H21FN4O2/c17-13-2-1-6-18-14(13)19-12-8-16(23-9-12)5-7-21(10-16)15(22)20-11-3-4-11/h1-2,6,11-12H,3-5,7-10H2,(H,18,19)(H,20,22)/t12-,16-/m0/s1. The van der Waals surface area contributed by atoms with Gasteiger partial charge in [0.2, 0.25) is 0 Å². The van der Waals surface area contributed by atoms with Crippen LogP contribution in [0.4, 0.5) is 15.0 Å². The normalized spacial score (nSPS) is 30.0. The first-order chi connectivity index (χ1) is 11.1. The third kappa shape index (κ3) is 3.10. The highest BCUT2D eigenvalue weighted by molar-refractivity contribution is 5.75. The molecular weight excluding hydrogens is 299 g/mol. The van der Waals surface area contributed by atoms with Crippen molar-refractivity contribution in [2.75, 3.05) is 25.0 Å². The molecule has 2 aliphatic heterocycles. The lowest BCUT2D eigenvalue weighted by atomic mass is 9.97. The summed E-state index contributed by atoms with van der Waals surface area (Å²) in [6, 6.07) is 3.36. The summed E-state index contributed by atoms with van der Waals surface area (Å²) in [7, 11) is 0. The van der Waals surface area contributed by atoms with Gasteiger partial charge in [-0.05, 0) is 31.4 Å². The van der Waals surface area contributed by atoms with Crippen molar-refractivity contribution in [3.8, 4) is 0 Å². The molecule has 7 heteroatoms. The van der Waals surface area contributed by atoms with Crippen LogP contribution < -0.4 is 10.6 Å². The van der Waals surface area contributed by atoms with Gasteiger partial charge in [0.1, 0.15) is 0 Å². The molecule has 1 aliphatic carbocycles. The fourth-order valence-electron chi connectivity index (χ4n) is 3.42. The summed E-state index contributed by atoms with van der Waals surface area (Å²) in [6.45, 7) is 1.83. The van der Waals surface area contributed by atoms with Crippen LogP contribution in [0.5, 0.6) is 0 Å². The van der Waals surface area contributed by atoms with Crippen molar-refractivity contribution in [1.82, 2.24) is 15.2 Å². The van der Waals surface area contributed by atoms with Crippen molar-refractivity contribution < 1.29 is 13.9 Å². The zero-order valence-corrected chi connectivity index (χ0v) is 12.9. The average molecular weight is 320 g/mol. The van der Waals surface area contributed by atoms with Gasteiger partial charge >= 0.3 is 6.03 Å². The van der Waals surface area contributed by atoms with Crippen LogP contribution in [-0.4, -0.2) is 53.3 Å². The van der Waals surface area contributed by atoms with Gasteiger partial charge in [0.25, 0.3) is 0 Å². The highest BCUT2D eigenvalue weighted by Gasteiger charge is 2.47. The van der Waals surface area contributed by atoms with E-state index in [2.05, 4.69) is 15.6 Å². The number of ether oxygens (including phenoxy) is 1. The molecule has 2 atom stereocenters. The second-order valence-corrected chi connectivity index (χ2v) is 6.77. The predicted octanol–water partition coefficient (Wildman–Crippen LogP) is 1.74. The van der Waals surface area contributed by atoms with E-state index in [1.807, 2.05) is 4.90 Å². The molecule has 124 valence electrons. The summed E-state index contributed by atoms with van der Waals surface area (Å²) in [6.07, 6.45) is 5.33. The quantitative estimate of drug-likeness (QED) is 0.890. The number of likely N-dealkylation sites (tertiary alicyclic amines) is 1. The summed E-state index contributed by atoms with van der Waals surface area (Å²) >= 11 is 0. The zero-order valence-electron chi connectivity index (χ0n) is 12.9. The number of aromatic nitrogens is 1. The van der Waals surface area contributed by atoms with Crippen LogP contribution in [0.15, 0.2) is 18.3 Å². The molecule has 0 unspecified atom stereocenters. The van der Waals surface area contributed by atoms with Crippen LogP contribution in [0, 0.1) is 5.82 Å². The molecule has 3 fully saturated rings. The molecule has 23 heavy (non-hydrogen) atoms. The monoisotopic (exact) mass is 320 g/mol. The van der Waals surface area contributed by atoms with E-state index >= 15 is 0 Å². The second kappa shape index (κ2) is 5.63. The third-order valence-electron chi connectivity index (χ3n) is 4.82. The van der Waals surface area contributed by atoms with Crippen LogP contribution in [-0.2, 0) is 4.74 Å². The largest absolute Gasteiger partial charge is 0.371 e. The van der Waals surface area contributed by atoms with Crippen LogP contribution in [0.2, 0.25) is 0 Å². The number of carbonyl (C=O) groups is 1. The Bertz CT molecular complexity index is 609. The molecule has 1 spiro atoms. The molecule has 1 aromatic heterocycles. The van der Waals surface area contributed by atoms with Crippen molar-refractivity contribution in [3.63, 3.8) is 0 Å². The Hall–Kier alpha value is -1.89. The fourth-order valence-corrected chi connectivity index (χ4v) is 3.42. The Morgan fingerprint density at radius 2 is 2.30 bits per heavy atom. The summed E-state index contributed by atoms with van der Waals surface area (Å²) in [5.41, 5.74) is -0.302. The number of rotatable bonds is 3. The lowest BCUT2D eigenvalue weighted by Gasteiger charge is -2.23. The van der Waals surface area contributed by atoms with Crippen molar-refractivity contribution in [2.24, 2.45) is 0 Å². The molecule has 2 N–H and O–H groups in total. The lowest BCUT2D eigenvalue weighted by Crippen LogP contribution is -2.42. The molecule has 0 aromatic carbocycles. The molecule has 3 aliphatic rings. The SMILES string of the molecule is O=C(NC1CC1)N1CC[C@]2(C[C@H](Nc3ncccc3F)CO2)C1. The number of nitrogens with one attached hydrogen (secondary N) is 2. The number of anilines is 1. The van der Waals surface area contributed by atoms with Crippen LogP contribution >= 0.6 is 0 Å². The predicted molar refractivity (Wildman–Crippen MR) is 82.6 cm³/mol. The first-order valence-electron chi connectivity index (χ1n) is 8.20. The molecular formula is C16H21FN4O2. The number of hydrogen-bond acceptors (Lipinski definition) is 4. The van der Waals surface area contributed by atoms with E-state index in [9.17, 15) is 9.18 Å². The van der Waals surface area contributed by atoms with E-state index < -0.39 is 0 Å². The number of halogens is 1. The van der Waals surface area contributed by atoms with Crippen LogP contribution in [0.25, 0.3) is 0 Å². The number of urea groups is 1. The lowest BCUT2D eigenvalue weighted by molar-refractivity contribution is 0.0150. The number of carbonyl (C=O) groups excluding carboxylic acids is 1. The van der Waals surface area contributed by atoms with E-state index in [0.29, 0.717) is 25.7 Å². The third-order valence-corrected chi connectivity index (χ3v) is 4.82. The van der Waals surface area contributed by atoms with Crippen molar-refractivity contribution in [3.05, 3.63) is 24.1 Å². The van der Waals surface area contributed by atoms with Gasteiger partial charge in [-0.1, -0.05) is 0 Å². The highest BCUT2D eigenvalue weighted by Crippen LogP contribution is 2.36. The zero-order chi connectivity index (χ0) is 15.9. The number of nitrogens with zero attached hydrogens (tertiary/aromatic N) is 2. The minimum Gasteiger partial charge on any atom is -0.371 e. The molecule has 4 rings (SSSR count). The smallest absolute Gasteiger partial charge is 0.317 e. The molecule has 6 nitrogen and oxygen atoms in total. The maximum atomic E-state index is 13.7. The fraction of sp³-hybridized carbons (Fsp3) is 0.625. The van der Waals surface area contributed by atoms with Gasteiger partial charge in [-0.25, -0.2) is 14.2 Å². The summed E-state index contributed by atoms with van der Waals surface area (Å²) in [5, 5.41) is 6.13. The Morgan fingerprint density at radius 3 is 3.09 bits per heavy atom. The number of hydrogen-bond donors (Lipinski definition) is 2. The van der Waals surface area contributed by atoms with Gasteiger partial charge in [0, 0.05) is 25.2 Å². The van der Waals surface area contributed by atoms with Crippen molar-refractivity contribution in [2.45, 2.75) is 43.4 Å². The van der Waals surface area contributed by atoms with Gasteiger partial charge in [-0.15, -0.1) is 0 Å². The maximum absolute atomic E-state index is 13.7. The van der Waals surface area contributed by atoms with Gasteiger partial charge in [0.15, 0.2) is 11.6 Å². The molecule has 2 saturated heterocycles. The van der Waals surface area contributed by atoms with Gasteiger partial charge in [-0.2, -0.15) is 0 Å². The van der Waals surface area contributed by atoms with Crippen molar-refractivity contribution in [1.29, 1.82) is 0 Å². The highest BCUT2D eigenvalue weighted by atomic mass is 19.1. The van der Waals surface area contributed by atoms with E-state index in [0.717, 1.165) is 25.7 Å². The van der Waals surface area contributed by atoms with Crippen LogP contribution in [0.3, 0.4) is 0 Å². The molecule has 3 heterocycles. The first-order valence-corrected chi connectivity index (χ1v) is 8.20. The van der Waals surface area contributed by atoms with E-state index in [4.69, 9.17) is 4.74 Å². The van der Waals surface area contributed by atoms with Crippen LogP contribution in [0.1, 0.15) is 25.7 Å². The number of pyridine rings is 1. The Morgan fingerprint density at radius 1 is 1.43 bits per heavy atom. The van der Waals surface area contributed by atoms with Gasteiger partial charge < -0.3 is 20.3 Å². The van der Waals surface area contributed by atoms with E-state index in [1.54, 1.807) is 12.3 Å². The Kier molecular flexibility index (Phi) is 3.60. The molecule has 1 aromatic rings. The van der Waals surface area contributed by atoms with Gasteiger partial charge in [-0.3, -0.25) is 0 Å². The minimum absolute atomic E-state index is 0.0140. The molecule has 0 bridgehead atoms. The Balaban J connectivity index is 1.34. The average Bonchev–Trinajstić information content (AvgIpc) is 3.12. The Labute approximate surface area is 134 Å². The molecule has 2 amide bonds. The summed E-state index contributed by atoms with van der Waals surface area (Å²) < 4.78 is 19.7. The van der Waals surface area contributed by atoms with Crippen molar-refractivity contribution >= 4 is 11.8 Å². The van der Waals surface area contributed by atoms with E-state index in [1.165, 1.54) is 6.07 Å². The molecule has 0 radical (unpaired) electrons. The summed E-state index contributed by atoms with van der Waals surface area (Å²) in [4.78, 5) is 18.0. The first kappa shape index (κ1) is 14.7. The topological polar surface area (TPSA) is 66.5 Å².